The predicted octanol–water partition coefficient (Wildman–Crippen LogP) is 4.84. The lowest BCUT2D eigenvalue weighted by Gasteiger charge is -2.25. The summed E-state index contributed by atoms with van der Waals surface area (Å²) in [5.74, 6) is 1.50. The molecule has 3 heterocycles. The van der Waals surface area contributed by atoms with Gasteiger partial charge in [-0.25, -0.2) is 9.97 Å². The number of methoxy groups -OCH3 is 2. The topological polar surface area (TPSA) is 108 Å². The Balaban J connectivity index is 1.42. The van der Waals surface area contributed by atoms with Crippen molar-refractivity contribution in [2.24, 2.45) is 0 Å². The van der Waals surface area contributed by atoms with E-state index in [-0.39, 0.29) is 17.7 Å². The van der Waals surface area contributed by atoms with Crippen molar-refractivity contribution in [1.29, 1.82) is 0 Å². The molecular formula is C30H32N4O7S4. The zero-order valence-electron chi connectivity index (χ0n) is 25.0. The van der Waals surface area contributed by atoms with E-state index in [4.69, 9.17) is 52.9 Å². The van der Waals surface area contributed by atoms with E-state index in [2.05, 4.69) is 9.97 Å². The second kappa shape index (κ2) is 15.4. The predicted molar refractivity (Wildman–Crippen MR) is 182 cm³/mol. The molecule has 0 aliphatic carbocycles. The number of fused-ring (bicyclic) bond motifs is 1. The number of aromatic nitrogens is 4. The molecule has 11 nitrogen and oxygen atoms in total. The number of benzene rings is 2. The number of nitrogens with zero attached hydrogens (tertiary/aromatic N) is 4. The van der Waals surface area contributed by atoms with Crippen molar-refractivity contribution < 1.29 is 28.4 Å². The Hall–Kier alpha value is -3.21. The van der Waals surface area contributed by atoms with Gasteiger partial charge in [-0.3, -0.25) is 13.9 Å². The smallest absolute Gasteiger partial charge is 0.281 e. The Morgan fingerprint density at radius 1 is 0.867 bits per heavy atom. The highest BCUT2D eigenvalue weighted by atomic mass is 32.2. The quantitative estimate of drug-likeness (QED) is 0.201. The lowest BCUT2D eigenvalue weighted by Crippen LogP contribution is -2.39. The van der Waals surface area contributed by atoms with E-state index >= 15 is 0 Å². The third-order valence-electron chi connectivity index (χ3n) is 7.13. The first-order chi connectivity index (χ1) is 21.8. The van der Waals surface area contributed by atoms with Gasteiger partial charge in [0, 0.05) is 0 Å². The standard InChI is InChI=1S/C30H32N4O7S4/c1-36-20-9-5-18(6-10-20)13-33-16-32-26-23(27(33)35)31-17-34(26)28-25(41-30(43)45-4)24(40-29(42)44-3)22(39-28)15-38-14-19-7-11-21(37-2)12-8-19/h5-12,16-17,22,24-25,28H,13-15H2,1-4H3/t22-,24-,25-,28-/m1/s1. The number of thiocarbonyl (C=S) groups is 2. The van der Waals surface area contributed by atoms with E-state index in [0.717, 1.165) is 22.6 Å². The summed E-state index contributed by atoms with van der Waals surface area (Å²) in [6, 6.07) is 15.1. The maximum absolute atomic E-state index is 13.5. The van der Waals surface area contributed by atoms with Crippen LogP contribution >= 0.6 is 48.0 Å². The Morgan fingerprint density at radius 2 is 1.47 bits per heavy atom. The zero-order valence-corrected chi connectivity index (χ0v) is 28.2. The molecule has 0 bridgehead atoms. The average molecular weight is 689 g/mol. The second-order valence-electron chi connectivity index (χ2n) is 9.85. The summed E-state index contributed by atoms with van der Waals surface area (Å²) in [6.07, 6.45) is 3.85. The largest absolute Gasteiger partial charge is 0.497 e. The van der Waals surface area contributed by atoms with E-state index in [0.29, 0.717) is 27.6 Å². The molecule has 0 spiro atoms. The fraction of sp³-hybridized carbons (Fsp3) is 0.367. The Kier molecular flexibility index (Phi) is 11.3. The van der Waals surface area contributed by atoms with Gasteiger partial charge in [-0.05, 0) is 72.3 Å². The summed E-state index contributed by atoms with van der Waals surface area (Å²) in [7, 11) is 3.23. The van der Waals surface area contributed by atoms with Crippen LogP contribution in [0.15, 0.2) is 66.0 Å². The van der Waals surface area contributed by atoms with Crippen molar-refractivity contribution in [3.8, 4) is 11.5 Å². The van der Waals surface area contributed by atoms with Crippen molar-refractivity contribution in [2.75, 3.05) is 33.3 Å². The molecule has 1 fully saturated rings. The molecule has 0 saturated carbocycles. The molecule has 1 aliphatic rings. The number of thioether (sulfide) groups is 2. The van der Waals surface area contributed by atoms with Gasteiger partial charge in [0.1, 0.15) is 23.9 Å². The van der Waals surface area contributed by atoms with Crippen LogP contribution in [0.2, 0.25) is 0 Å². The number of imidazole rings is 1. The maximum atomic E-state index is 13.5. The van der Waals surface area contributed by atoms with Crippen molar-refractivity contribution >= 4 is 67.9 Å². The highest BCUT2D eigenvalue weighted by molar-refractivity contribution is 8.22. The van der Waals surface area contributed by atoms with Gasteiger partial charge >= 0.3 is 0 Å². The Labute approximate surface area is 279 Å². The molecule has 0 radical (unpaired) electrons. The SMILES string of the molecule is COc1ccc(COC[C@H]2O[C@@H](n3cnc4c(=O)n(Cc5ccc(OC)cc5)cnc43)[C@H](OC(=S)SC)[C@@H]2OC(=S)SC)cc1. The summed E-state index contributed by atoms with van der Waals surface area (Å²) < 4.78 is 39.3. The molecule has 5 rings (SSSR count). The first kappa shape index (κ1) is 33.2. The van der Waals surface area contributed by atoms with Crippen LogP contribution < -0.4 is 15.0 Å². The average Bonchev–Trinajstić information content (AvgIpc) is 3.64. The summed E-state index contributed by atoms with van der Waals surface area (Å²) in [5.41, 5.74) is 2.12. The number of hydrogen-bond acceptors (Lipinski definition) is 13. The molecule has 0 N–H and O–H groups in total. The molecule has 4 atom stereocenters. The van der Waals surface area contributed by atoms with Gasteiger partial charge in [-0.1, -0.05) is 47.8 Å². The van der Waals surface area contributed by atoms with Crippen LogP contribution in [0, 0.1) is 0 Å². The number of hydrogen-bond donors (Lipinski definition) is 0. The molecule has 0 amide bonds. The third kappa shape index (κ3) is 7.79. The van der Waals surface area contributed by atoms with Gasteiger partial charge in [0.05, 0.1) is 40.3 Å². The highest BCUT2D eigenvalue weighted by Crippen LogP contribution is 2.37. The van der Waals surface area contributed by atoms with E-state index < -0.39 is 24.5 Å². The number of rotatable bonds is 11. The fourth-order valence-electron chi connectivity index (χ4n) is 4.84. The zero-order chi connectivity index (χ0) is 31.9. The molecule has 15 heteroatoms. The number of ether oxygens (including phenoxy) is 6. The van der Waals surface area contributed by atoms with E-state index in [1.54, 1.807) is 18.8 Å². The molecule has 1 saturated heterocycles. The van der Waals surface area contributed by atoms with Crippen molar-refractivity contribution in [2.45, 2.75) is 37.7 Å². The van der Waals surface area contributed by atoms with Crippen molar-refractivity contribution in [1.82, 2.24) is 19.1 Å². The van der Waals surface area contributed by atoms with Gasteiger partial charge in [0.15, 0.2) is 29.6 Å². The molecule has 238 valence electrons. The van der Waals surface area contributed by atoms with E-state index in [9.17, 15) is 4.79 Å². The van der Waals surface area contributed by atoms with Crippen LogP contribution in [0.25, 0.3) is 11.2 Å². The minimum absolute atomic E-state index is 0.171. The molecule has 4 aromatic rings. The molecule has 1 aliphatic heterocycles. The normalized spacial score (nSPS) is 19.4. The van der Waals surface area contributed by atoms with Gasteiger partial charge in [-0.2, -0.15) is 0 Å². The highest BCUT2D eigenvalue weighted by Gasteiger charge is 2.50. The Bertz CT molecular complexity index is 1680. The van der Waals surface area contributed by atoms with Gasteiger partial charge in [-0.15, -0.1) is 0 Å². The summed E-state index contributed by atoms with van der Waals surface area (Å²) in [4.78, 5) is 22.5. The van der Waals surface area contributed by atoms with Crippen LogP contribution in [0.1, 0.15) is 17.4 Å². The Morgan fingerprint density at radius 3 is 2.07 bits per heavy atom. The molecule has 2 aromatic heterocycles. The summed E-state index contributed by atoms with van der Waals surface area (Å²) in [6.45, 7) is 0.832. The molecule has 0 unspecified atom stereocenters. The molecule has 2 aromatic carbocycles. The van der Waals surface area contributed by atoms with Crippen molar-refractivity contribution in [3.05, 3.63) is 82.7 Å². The third-order valence-corrected chi connectivity index (χ3v) is 9.18. The summed E-state index contributed by atoms with van der Waals surface area (Å²) in [5, 5.41) is 0. The fourth-order valence-corrected chi connectivity index (χ4v) is 5.48. The lowest BCUT2D eigenvalue weighted by molar-refractivity contribution is -0.0659. The van der Waals surface area contributed by atoms with Gasteiger partial charge < -0.3 is 28.4 Å². The van der Waals surface area contributed by atoms with E-state index in [1.165, 1.54) is 40.7 Å². The lowest BCUT2D eigenvalue weighted by atomic mass is 10.1. The van der Waals surface area contributed by atoms with Gasteiger partial charge in [0.2, 0.25) is 8.77 Å². The van der Waals surface area contributed by atoms with Crippen LogP contribution in [0.5, 0.6) is 11.5 Å². The van der Waals surface area contributed by atoms with E-state index in [1.807, 2.05) is 61.0 Å². The molecule has 45 heavy (non-hydrogen) atoms. The van der Waals surface area contributed by atoms with Crippen LogP contribution in [-0.2, 0) is 32.1 Å². The van der Waals surface area contributed by atoms with Crippen LogP contribution in [0.3, 0.4) is 0 Å². The van der Waals surface area contributed by atoms with Gasteiger partial charge in [0.25, 0.3) is 5.56 Å². The minimum atomic E-state index is -0.798. The summed E-state index contributed by atoms with van der Waals surface area (Å²) >= 11 is 13.4. The van der Waals surface area contributed by atoms with Crippen molar-refractivity contribution in [3.63, 3.8) is 0 Å². The first-order valence-electron chi connectivity index (χ1n) is 13.8. The van der Waals surface area contributed by atoms with Crippen LogP contribution in [-0.4, -0.2) is 79.5 Å². The first-order valence-corrected chi connectivity index (χ1v) is 17.0. The minimum Gasteiger partial charge on any atom is -0.497 e. The van der Waals surface area contributed by atoms with Crippen LogP contribution in [0.4, 0.5) is 0 Å². The molecular weight excluding hydrogens is 657 g/mol. The second-order valence-corrected chi connectivity index (χ2v) is 12.7. The maximum Gasteiger partial charge on any atom is 0.281 e. The monoisotopic (exact) mass is 688 g/mol.